The van der Waals surface area contributed by atoms with Gasteiger partial charge in [0.2, 0.25) is 0 Å². The molecule has 0 saturated heterocycles. The van der Waals surface area contributed by atoms with E-state index in [4.69, 9.17) is 11.6 Å². The zero-order valence-electron chi connectivity index (χ0n) is 12.6. The number of rotatable bonds is 7. The highest BCUT2D eigenvalue weighted by Gasteiger charge is 2.05. The molecule has 0 unspecified atom stereocenters. The van der Waals surface area contributed by atoms with Gasteiger partial charge in [-0.25, -0.2) is 4.98 Å². The molecule has 0 atom stereocenters. The summed E-state index contributed by atoms with van der Waals surface area (Å²) in [5.74, 6) is 0.987. The lowest BCUT2D eigenvalue weighted by atomic mass is 10.2. The van der Waals surface area contributed by atoms with E-state index in [1.807, 2.05) is 30.5 Å². The van der Waals surface area contributed by atoms with Crippen molar-refractivity contribution in [2.75, 3.05) is 18.5 Å². The molecule has 0 aliphatic heterocycles. The van der Waals surface area contributed by atoms with Crippen LogP contribution in [0.2, 0.25) is 5.02 Å². The number of pyridine rings is 1. The molecule has 21 heavy (non-hydrogen) atoms. The number of nitrogens with one attached hydrogen (secondary N) is 1. The van der Waals surface area contributed by atoms with E-state index in [-0.39, 0.29) is 0 Å². The number of hydrogen-bond acceptors (Lipinski definition) is 3. The quantitative estimate of drug-likeness (QED) is 0.787. The monoisotopic (exact) mass is 303 g/mol. The highest BCUT2D eigenvalue weighted by molar-refractivity contribution is 6.30. The molecule has 0 aliphatic carbocycles. The Morgan fingerprint density at radius 1 is 1.14 bits per heavy atom. The largest absolute Gasteiger partial charge is 0.355 e. The molecule has 1 N–H and O–H groups in total. The topological polar surface area (TPSA) is 28.2 Å². The predicted molar refractivity (Wildman–Crippen MR) is 89.8 cm³/mol. The van der Waals surface area contributed by atoms with Crippen molar-refractivity contribution in [1.82, 2.24) is 10.3 Å². The van der Waals surface area contributed by atoms with Crippen molar-refractivity contribution in [3.8, 4) is 0 Å². The second-order valence-corrected chi connectivity index (χ2v) is 5.62. The van der Waals surface area contributed by atoms with Crippen LogP contribution in [0.15, 0.2) is 42.6 Å². The van der Waals surface area contributed by atoms with Crippen molar-refractivity contribution in [2.45, 2.75) is 26.4 Å². The van der Waals surface area contributed by atoms with Crippen LogP contribution in [0.25, 0.3) is 0 Å². The Bertz CT molecular complexity index is 554. The molecule has 0 radical (unpaired) electrons. The van der Waals surface area contributed by atoms with E-state index in [9.17, 15) is 0 Å². The average molecular weight is 304 g/mol. The normalized spacial score (nSPS) is 10.6. The zero-order valence-corrected chi connectivity index (χ0v) is 13.4. The molecular weight excluding hydrogens is 282 g/mol. The van der Waals surface area contributed by atoms with E-state index >= 15 is 0 Å². The van der Waals surface area contributed by atoms with Gasteiger partial charge in [0.15, 0.2) is 0 Å². The van der Waals surface area contributed by atoms with E-state index in [1.165, 1.54) is 11.1 Å². The fourth-order valence-corrected chi connectivity index (χ4v) is 2.26. The zero-order chi connectivity index (χ0) is 15.1. The Kier molecular flexibility index (Phi) is 6.03. The van der Waals surface area contributed by atoms with Gasteiger partial charge in [-0.05, 0) is 48.4 Å². The van der Waals surface area contributed by atoms with E-state index in [1.54, 1.807) is 0 Å². The highest BCUT2D eigenvalue weighted by Crippen LogP contribution is 2.16. The summed E-state index contributed by atoms with van der Waals surface area (Å²) < 4.78 is 0. The molecule has 4 heteroatoms. The molecule has 3 nitrogen and oxygen atoms in total. The minimum atomic E-state index is 0.767. The van der Waals surface area contributed by atoms with E-state index in [2.05, 4.69) is 41.3 Å². The van der Waals surface area contributed by atoms with Crippen molar-refractivity contribution in [3.05, 3.63) is 58.7 Å². The Morgan fingerprint density at radius 2 is 1.90 bits per heavy atom. The molecule has 0 fully saturated rings. The molecule has 0 aliphatic rings. The molecule has 1 aromatic carbocycles. The first-order chi connectivity index (χ1) is 10.2. The van der Waals surface area contributed by atoms with Crippen LogP contribution in [0.4, 0.5) is 5.82 Å². The van der Waals surface area contributed by atoms with Crippen LogP contribution in [0.3, 0.4) is 0 Å². The van der Waals surface area contributed by atoms with Gasteiger partial charge in [-0.2, -0.15) is 0 Å². The number of anilines is 1. The summed E-state index contributed by atoms with van der Waals surface area (Å²) in [6.45, 7) is 4.91. The molecule has 112 valence electrons. The lowest BCUT2D eigenvalue weighted by Crippen LogP contribution is -2.19. The minimum absolute atomic E-state index is 0.767. The third-order valence-corrected chi connectivity index (χ3v) is 3.54. The van der Waals surface area contributed by atoms with Gasteiger partial charge in [0.05, 0.1) is 0 Å². The maximum absolute atomic E-state index is 5.91. The lowest BCUT2D eigenvalue weighted by molar-refractivity contribution is 0.674. The molecule has 0 spiro atoms. The standard InChI is InChI=1S/C17H22ClN3/c1-3-9-19-12-15-8-10-20-17(11-15)21(2)13-14-4-6-16(18)7-5-14/h4-8,10-11,19H,3,9,12-13H2,1-2H3. The van der Waals surface area contributed by atoms with Gasteiger partial charge in [-0.3, -0.25) is 0 Å². The summed E-state index contributed by atoms with van der Waals surface area (Å²) in [5, 5.41) is 4.18. The molecule has 2 aromatic rings. The maximum atomic E-state index is 5.91. The fraction of sp³-hybridized carbons (Fsp3) is 0.353. The Labute approximate surface area is 132 Å². The number of halogens is 1. The van der Waals surface area contributed by atoms with Gasteiger partial charge in [0.1, 0.15) is 5.82 Å². The maximum Gasteiger partial charge on any atom is 0.128 e. The third kappa shape index (κ3) is 5.03. The average Bonchev–Trinajstić information content (AvgIpc) is 2.50. The summed E-state index contributed by atoms with van der Waals surface area (Å²) in [4.78, 5) is 6.60. The summed E-state index contributed by atoms with van der Waals surface area (Å²) in [6.07, 6.45) is 3.02. The third-order valence-electron chi connectivity index (χ3n) is 3.29. The van der Waals surface area contributed by atoms with E-state index < -0.39 is 0 Å². The first-order valence-electron chi connectivity index (χ1n) is 7.30. The van der Waals surface area contributed by atoms with Crippen LogP contribution in [0.1, 0.15) is 24.5 Å². The van der Waals surface area contributed by atoms with Crippen molar-refractivity contribution in [1.29, 1.82) is 0 Å². The first-order valence-corrected chi connectivity index (χ1v) is 7.68. The molecule has 1 aromatic heterocycles. The Hall–Kier alpha value is -1.58. The van der Waals surface area contributed by atoms with Gasteiger partial charge < -0.3 is 10.2 Å². The van der Waals surface area contributed by atoms with Gasteiger partial charge in [0, 0.05) is 31.4 Å². The van der Waals surface area contributed by atoms with Gasteiger partial charge in [-0.1, -0.05) is 30.7 Å². The van der Waals surface area contributed by atoms with Crippen LogP contribution in [-0.4, -0.2) is 18.6 Å². The molecule has 0 amide bonds. The van der Waals surface area contributed by atoms with Crippen LogP contribution in [-0.2, 0) is 13.1 Å². The number of hydrogen-bond donors (Lipinski definition) is 1. The van der Waals surface area contributed by atoms with Crippen LogP contribution in [0, 0.1) is 0 Å². The van der Waals surface area contributed by atoms with Gasteiger partial charge >= 0.3 is 0 Å². The molecule has 1 heterocycles. The summed E-state index contributed by atoms with van der Waals surface area (Å²) in [7, 11) is 2.06. The predicted octanol–water partition coefficient (Wildman–Crippen LogP) is 3.87. The smallest absolute Gasteiger partial charge is 0.128 e. The summed E-state index contributed by atoms with van der Waals surface area (Å²) >= 11 is 5.91. The minimum Gasteiger partial charge on any atom is -0.355 e. The molecule has 2 rings (SSSR count). The van der Waals surface area contributed by atoms with E-state index in [0.717, 1.165) is 36.9 Å². The van der Waals surface area contributed by atoms with Crippen LogP contribution < -0.4 is 10.2 Å². The number of nitrogens with zero attached hydrogens (tertiary/aromatic N) is 2. The number of benzene rings is 1. The van der Waals surface area contributed by atoms with Crippen LogP contribution >= 0.6 is 11.6 Å². The second kappa shape index (κ2) is 8.01. The second-order valence-electron chi connectivity index (χ2n) is 5.18. The molecule has 0 bridgehead atoms. The summed E-state index contributed by atoms with van der Waals surface area (Å²) in [5.41, 5.74) is 2.48. The van der Waals surface area contributed by atoms with Crippen molar-refractivity contribution < 1.29 is 0 Å². The Balaban J connectivity index is 1.99. The number of aromatic nitrogens is 1. The fourth-order valence-electron chi connectivity index (χ4n) is 2.13. The van der Waals surface area contributed by atoms with Gasteiger partial charge in [0.25, 0.3) is 0 Å². The van der Waals surface area contributed by atoms with Crippen molar-refractivity contribution in [3.63, 3.8) is 0 Å². The van der Waals surface area contributed by atoms with Crippen LogP contribution in [0.5, 0.6) is 0 Å². The van der Waals surface area contributed by atoms with E-state index in [0.29, 0.717) is 0 Å². The first kappa shape index (κ1) is 15.8. The SMILES string of the molecule is CCCNCc1ccnc(N(C)Cc2ccc(Cl)cc2)c1. The molecule has 0 saturated carbocycles. The summed E-state index contributed by atoms with van der Waals surface area (Å²) in [6, 6.07) is 12.1. The van der Waals surface area contributed by atoms with Crippen molar-refractivity contribution in [2.24, 2.45) is 0 Å². The lowest BCUT2D eigenvalue weighted by Gasteiger charge is -2.19. The van der Waals surface area contributed by atoms with Gasteiger partial charge in [-0.15, -0.1) is 0 Å². The molecular formula is C17H22ClN3. The Morgan fingerprint density at radius 3 is 2.62 bits per heavy atom. The van der Waals surface area contributed by atoms with Crippen molar-refractivity contribution >= 4 is 17.4 Å². The highest BCUT2D eigenvalue weighted by atomic mass is 35.5.